The maximum absolute atomic E-state index is 13.2. The molecule has 3 amide bonds. The smallest absolute Gasteiger partial charge is 0.249 e. The highest BCUT2D eigenvalue weighted by Gasteiger charge is 2.51. The van der Waals surface area contributed by atoms with Crippen molar-refractivity contribution in [1.82, 2.24) is 14.8 Å². The lowest BCUT2D eigenvalue weighted by atomic mass is 9.85. The molecule has 8 heteroatoms. The van der Waals surface area contributed by atoms with Crippen molar-refractivity contribution >= 4 is 34.2 Å². The number of aromatic nitrogens is 1. The minimum absolute atomic E-state index is 0.171. The molecular formula is C22H30N4O3S. The number of hydrogen-bond donors (Lipinski definition) is 1. The molecule has 3 unspecified atom stereocenters. The van der Waals surface area contributed by atoms with E-state index in [4.69, 9.17) is 0 Å². The first kappa shape index (κ1) is 21.2. The first-order valence-corrected chi connectivity index (χ1v) is 11.7. The molecule has 30 heavy (non-hydrogen) atoms. The normalized spacial score (nSPS) is 24.9. The first-order valence-electron chi connectivity index (χ1n) is 10.9. The van der Waals surface area contributed by atoms with Crippen LogP contribution in [-0.2, 0) is 27.3 Å². The predicted molar refractivity (Wildman–Crippen MR) is 116 cm³/mol. The standard InChI is InChI=1S/C22H30N4O3S/c1-4-25-10-9-16-18(12-25)30-22(23-16)24-19(27)17(11-13(2)3)26-20(28)14-7-5-6-8-15(14)21(26)29/h5-6,13-15,17H,4,7-12H2,1-3H3,(H,23,24,27). The van der Waals surface area contributed by atoms with E-state index in [-0.39, 0.29) is 35.5 Å². The van der Waals surface area contributed by atoms with Crippen molar-refractivity contribution in [2.75, 3.05) is 18.4 Å². The Hall–Kier alpha value is -2.06. The van der Waals surface area contributed by atoms with Gasteiger partial charge in [-0.1, -0.05) is 32.9 Å². The van der Waals surface area contributed by atoms with Gasteiger partial charge >= 0.3 is 0 Å². The molecule has 0 spiro atoms. The first-order chi connectivity index (χ1) is 14.4. The molecule has 0 saturated carbocycles. The number of carbonyl (C=O) groups is 3. The van der Waals surface area contributed by atoms with Crippen molar-refractivity contribution < 1.29 is 14.4 Å². The number of anilines is 1. The Morgan fingerprint density at radius 1 is 1.23 bits per heavy atom. The maximum atomic E-state index is 13.2. The van der Waals surface area contributed by atoms with Crippen LogP contribution in [0.25, 0.3) is 0 Å². The molecule has 7 nitrogen and oxygen atoms in total. The van der Waals surface area contributed by atoms with E-state index in [0.29, 0.717) is 24.4 Å². The van der Waals surface area contributed by atoms with Crippen molar-refractivity contribution in [3.63, 3.8) is 0 Å². The second-order valence-electron chi connectivity index (χ2n) is 8.84. The monoisotopic (exact) mass is 430 g/mol. The van der Waals surface area contributed by atoms with Crippen molar-refractivity contribution in [2.45, 2.75) is 59.0 Å². The number of carbonyl (C=O) groups excluding carboxylic acids is 3. The lowest BCUT2D eigenvalue weighted by Gasteiger charge is -2.27. The molecule has 0 radical (unpaired) electrons. The van der Waals surface area contributed by atoms with E-state index in [1.807, 2.05) is 26.0 Å². The summed E-state index contributed by atoms with van der Waals surface area (Å²) in [5.74, 6) is -1.19. The molecule has 1 aromatic heterocycles. The summed E-state index contributed by atoms with van der Waals surface area (Å²) in [6.45, 7) is 8.97. The highest BCUT2D eigenvalue weighted by atomic mass is 32.1. The number of allylic oxidation sites excluding steroid dienone is 2. The molecule has 3 atom stereocenters. The topological polar surface area (TPSA) is 82.6 Å². The molecular weight excluding hydrogens is 400 g/mol. The number of nitrogens with one attached hydrogen (secondary N) is 1. The molecule has 0 bridgehead atoms. The van der Waals surface area contributed by atoms with Gasteiger partial charge in [-0.05, 0) is 31.7 Å². The molecule has 4 rings (SSSR count). The predicted octanol–water partition coefficient (Wildman–Crippen LogP) is 2.83. The van der Waals surface area contributed by atoms with Crippen molar-refractivity contribution in [3.05, 3.63) is 22.7 Å². The number of imide groups is 1. The average Bonchev–Trinajstić information content (AvgIpc) is 3.24. The molecule has 1 saturated heterocycles. The minimum Gasteiger partial charge on any atom is -0.300 e. The highest BCUT2D eigenvalue weighted by molar-refractivity contribution is 7.15. The third-order valence-corrected chi connectivity index (χ3v) is 7.34. The number of fused-ring (bicyclic) bond motifs is 2. The van der Waals surface area contributed by atoms with Gasteiger partial charge in [0.05, 0.1) is 17.5 Å². The summed E-state index contributed by atoms with van der Waals surface area (Å²) in [5, 5.41) is 3.49. The Morgan fingerprint density at radius 2 is 1.90 bits per heavy atom. The molecule has 1 aliphatic carbocycles. The van der Waals surface area contributed by atoms with E-state index >= 15 is 0 Å². The van der Waals surface area contributed by atoms with Gasteiger partial charge in [0.25, 0.3) is 0 Å². The Labute approximate surface area is 181 Å². The summed E-state index contributed by atoms with van der Waals surface area (Å²) in [6, 6.07) is -0.788. The number of likely N-dealkylation sites (tertiary alicyclic amines) is 1. The van der Waals surface area contributed by atoms with Crippen LogP contribution in [-0.4, -0.2) is 51.6 Å². The summed E-state index contributed by atoms with van der Waals surface area (Å²) in [7, 11) is 0. The molecule has 162 valence electrons. The Bertz CT molecular complexity index is 852. The number of rotatable bonds is 6. The second-order valence-corrected chi connectivity index (χ2v) is 9.93. The summed E-state index contributed by atoms with van der Waals surface area (Å²) in [6.07, 6.45) is 6.42. The van der Waals surface area contributed by atoms with Crippen molar-refractivity contribution in [2.24, 2.45) is 17.8 Å². The van der Waals surface area contributed by atoms with Gasteiger partial charge in [0.2, 0.25) is 17.7 Å². The van der Waals surface area contributed by atoms with Gasteiger partial charge in [0.1, 0.15) is 6.04 Å². The second kappa shape index (κ2) is 8.59. The van der Waals surface area contributed by atoms with Gasteiger partial charge in [-0.2, -0.15) is 0 Å². The van der Waals surface area contributed by atoms with E-state index < -0.39 is 6.04 Å². The van der Waals surface area contributed by atoms with Crippen LogP contribution >= 0.6 is 11.3 Å². The van der Waals surface area contributed by atoms with Gasteiger partial charge in [0.15, 0.2) is 5.13 Å². The maximum Gasteiger partial charge on any atom is 0.249 e. The third kappa shape index (κ3) is 3.95. The molecule has 1 aromatic rings. The van der Waals surface area contributed by atoms with Crippen LogP contribution < -0.4 is 5.32 Å². The van der Waals surface area contributed by atoms with Crippen LogP contribution in [0.5, 0.6) is 0 Å². The zero-order chi connectivity index (χ0) is 21.4. The van der Waals surface area contributed by atoms with E-state index in [2.05, 4.69) is 22.1 Å². The van der Waals surface area contributed by atoms with E-state index in [1.54, 1.807) is 0 Å². The fourth-order valence-electron chi connectivity index (χ4n) is 4.67. The number of likely N-dealkylation sites (N-methyl/N-ethyl adjacent to an activating group) is 1. The summed E-state index contributed by atoms with van der Waals surface area (Å²) in [4.78, 5) is 48.7. The van der Waals surface area contributed by atoms with E-state index in [0.717, 1.165) is 31.7 Å². The lowest BCUT2D eigenvalue weighted by molar-refractivity contribution is -0.147. The molecule has 1 N–H and O–H groups in total. The fraction of sp³-hybridized carbons (Fsp3) is 0.636. The summed E-state index contributed by atoms with van der Waals surface area (Å²) < 4.78 is 0. The Balaban J connectivity index is 1.53. The van der Waals surface area contributed by atoms with Crippen LogP contribution in [0.4, 0.5) is 5.13 Å². The quantitative estimate of drug-likeness (QED) is 0.554. The SMILES string of the molecule is CCN1CCc2nc(NC(=O)C(CC(C)C)N3C(=O)C4CC=CCC4C3=O)sc2C1. The molecule has 3 heterocycles. The Morgan fingerprint density at radius 3 is 2.50 bits per heavy atom. The van der Waals surface area contributed by atoms with Crippen molar-refractivity contribution in [3.8, 4) is 0 Å². The fourth-order valence-corrected chi connectivity index (χ4v) is 5.72. The van der Waals surface area contributed by atoms with Crippen LogP contribution in [0.2, 0.25) is 0 Å². The van der Waals surface area contributed by atoms with Crippen LogP contribution in [0, 0.1) is 17.8 Å². The third-order valence-electron chi connectivity index (χ3n) is 6.34. The zero-order valence-electron chi connectivity index (χ0n) is 17.9. The van der Waals surface area contributed by atoms with Gasteiger partial charge in [-0.15, -0.1) is 11.3 Å². The van der Waals surface area contributed by atoms with Gasteiger partial charge in [0, 0.05) is 24.4 Å². The van der Waals surface area contributed by atoms with Gasteiger partial charge in [-0.25, -0.2) is 4.98 Å². The largest absolute Gasteiger partial charge is 0.300 e. The number of hydrogen-bond acceptors (Lipinski definition) is 6. The molecule has 2 aliphatic heterocycles. The summed E-state index contributed by atoms with van der Waals surface area (Å²) >= 11 is 1.50. The molecule has 3 aliphatic rings. The minimum atomic E-state index is -0.788. The van der Waals surface area contributed by atoms with Crippen LogP contribution in [0.15, 0.2) is 12.2 Å². The molecule has 1 fully saturated rings. The highest BCUT2D eigenvalue weighted by Crippen LogP contribution is 2.37. The Kier molecular flexibility index (Phi) is 6.06. The zero-order valence-corrected chi connectivity index (χ0v) is 18.7. The summed E-state index contributed by atoms with van der Waals surface area (Å²) in [5.41, 5.74) is 1.05. The average molecular weight is 431 g/mol. The van der Waals surface area contributed by atoms with Crippen molar-refractivity contribution in [1.29, 1.82) is 0 Å². The van der Waals surface area contributed by atoms with Gasteiger partial charge < -0.3 is 5.32 Å². The number of thiazole rings is 1. The van der Waals surface area contributed by atoms with Crippen LogP contribution in [0.1, 0.15) is 50.6 Å². The number of nitrogens with zero attached hydrogens (tertiary/aromatic N) is 3. The van der Waals surface area contributed by atoms with E-state index in [9.17, 15) is 14.4 Å². The van der Waals surface area contributed by atoms with E-state index in [1.165, 1.54) is 21.1 Å². The van der Waals surface area contributed by atoms with Crippen LogP contribution in [0.3, 0.4) is 0 Å². The van der Waals surface area contributed by atoms with Gasteiger partial charge in [-0.3, -0.25) is 24.2 Å². The number of amides is 3. The lowest BCUT2D eigenvalue weighted by Crippen LogP contribution is -2.48. The molecule has 0 aromatic carbocycles.